The lowest BCUT2D eigenvalue weighted by Crippen LogP contribution is -2.21. The Morgan fingerprint density at radius 1 is 1.21 bits per heavy atom. The molecule has 0 spiro atoms. The van der Waals surface area contributed by atoms with Crippen molar-refractivity contribution in [2.24, 2.45) is 0 Å². The van der Waals surface area contributed by atoms with Gasteiger partial charge in [0.2, 0.25) is 5.88 Å². The van der Waals surface area contributed by atoms with E-state index >= 15 is 0 Å². The van der Waals surface area contributed by atoms with Gasteiger partial charge in [-0.25, -0.2) is 17.8 Å². The fraction of sp³-hybridized carbons (Fsp3) is 0.227. The van der Waals surface area contributed by atoms with Gasteiger partial charge in [-0.1, -0.05) is 11.6 Å². The fourth-order valence-electron chi connectivity index (χ4n) is 2.95. The number of likely N-dealkylation sites (N-methyl/N-ethyl adjacent to an activating group) is 1. The summed E-state index contributed by atoms with van der Waals surface area (Å²) in [7, 11) is -0.388. The Morgan fingerprint density at radius 2 is 1.88 bits per heavy atom. The molecule has 1 aromatic heterocycles. The van der Waals surface area contributed by atoms with E-state index in [-0.39, 0.29) is 33.9 Å². The highest BCUT2D eigenvalue weighted by molar-refractivity contribution is 7.92. The molecule has 0 fully saturated rings. The second-order valence-corrected chi connectivity index (χ2v) is 9.73. The van der Waals surface area contributed by atoms with E-state index in [0.29, 0.717) is 24.3 Å². The van der Waals surface area contributed by atoms with Crippen LogP contribution in [0.1, 0.15) is 12.5 Å². The van der Waals surface area contributed by atoms with Crippen LogP contribution in [0.3, 0.4) is 0 Å². The molecule has 9 nitrogen and oxygen atoms in total. The number of nitrogens with zero attached hydrogens (tertiary/aromatic N) is 3. The van der Waals surface area contributed by atoms with E-state index in [1.807, 2.05) is 19.0 Å². The molecule has 0 unspecified atom stereocenters. The number of anilines is 2. The maximum absolute atomic E-state index is 14.0. The molecular formula is C22H24ClFN6O3S. The van der Waals surface area contributed by atoms with Gasteiger partial charge in [-0.15, -0.1) is 0 Å². The molecule has 180 valence electrons. The molecule has 0 amide bonds. The highest BCUT2D eigenvalue weighted by Crippen LogP contribution is 2.28. The van der Waals surface area contributed by atoms with Gasteiger partial charge in [0.05, 0.1) is 5.56 Å². The van der Waals surface area contributed by atoms with Gasteiger partial charge in [0.15, 0.2) is 5.82 Å². The Hall–Kier alpha value is -3.28. The molecule has 3 rings (SSSR count). The Balaban J connectivity index is 1.88. The van der Waals surface area contributed by atoms with Crippen LogP contribution in [-0.4, -0.2) is 56.2 Å². The molecule has 0 radical (unpaired) electrons. The van der Waals surface area contributed by atoms with Crippen LogP contribution in [-0.2, 0) is 10.0 Å². The number of hydrogen-bond donors (Lipinski definition) is 3. The topological polar surface area (TPSA) is 134 Å². The van der Waals surface area contributed by atoms with Crippen LogP contribution in [0.15, 0.2) is 47.4 Å². The van der Waals surface area contributed by atoms with Gasteiger partial charge in [-0.2, -0.15) is 4.98 Å². The van der Waals surface area contributed by atoms with Gasteiger partial charge >= 0.3 is 0 Å². The molecule has 0 saturated heterocycles. The van der Waals surface area contributed by atoms with Gasteiger partial charge in [-0.3, -0.25) is 4.72 Å². The average Bonchev–Trinajstić information content (AvgIpc) is 2.74. The third-order valence-corrected chi connectivity index (χ3v) is 6.27. The summed E-state index contributed by atoms with van der Waals surface area (Å²) in [5, 5.41) is 8.07. The first-order chi connectivity index (χ1) is 16.0. The number of sulfonamides is 1. The number of nitrogen functional groups attached to an aromatic ring is 1. The van der Waals surface area contributed by atoms with Crippen LogP contribution in [0, 0.1) is 11.2 Å². The largest absolute Gasteiger partial charge is 0.476 e. The summed E-state index contributed by atoms with van der Waals surface area (Å²) in [5.74, 6) is -0.380. The second kappa shape index (κ2) is 10.3. The highest BCUT2D eigenvalue weighted by Gasteiger charge is 2.20. The number of ether oxygens (including phenoxy) is 1. The van der Waals surface area contributed by atoms with E-state index in [9.17, 15) is 12.8 Å². The van der Waals surface area contributed by atoms with Crippen molar-refractivity contribution in [3.05, 3.63) is 58.9 Å². The predicted octanol–water partition coefficient (Wildman–Crippen LogP) is 3.65. The Bertz CT molecular complexity index is 1320. The molecule has 0 aliphatic heterocycles. The van der Waals surface area contributed by atoms with Crippen molar-refractivity contribution in [1.29, 1.82) is 5.41 Å². The lowest BCUT2D eigenvalue weighted by atomic mass is 10.1. The third kappa shape index (κ3) is 5.99. The van der Waals surface area contributed by atoms with Crippen molar-refractivity contribution in [3.63, 3.8) is 0 Å². The van der Waals surface area contributed by atoms with E-state index in [2.05, 4.69) is 14.7 Å². The summed E-state index contributed by atoms with van der Waals surface area (Å²) in [6.45, 7) is 2.54. The summed E-state index contributed by atoms with van der Waals surface area (Å²) < 4.78 is 47.2. The van der Waals surface area contributed by atoms with Gasteiger partial charge in [0, 0.05) is 28.5 Å². The smallest absolute Gasteiger partial charge is 0.264 e. The van der Waals surface area contributed by atoms with Crippen LogP contribution in [0.5, 0.6) is 5.88 Å². The molecule has 2 aromatic carbocycles. The monoisotopic (exact) mass is 506 g/mol. The van der Waals surface area contributed by atoms with Gasteiger partial charge < -0.3 is 20.8 Å². The second-order valence-electron chi connectivity index (χ2n) is 7.65. The first kappa shape index (κ1) is 25.3. The van der Waals surface area contributed by atoms with Crippen molar-refractivity contribution < 1.29 is 17.5 Å². The number of halogens is 2. The maximum Gasteiger partial charge on any atom is 0.264 e. The summed E-state index contributed by atoms with van der Waals surface area (Å²) in [6, 6.07) is 9.42. The quantitative estimate of drug-likeness (QED) is 0.377. The molecule has 0 atom stereocenters. The highest BCUT2D eigenvalue weighted by atomic mass is 35.5. The van der Waals surface area contributed by atoms with Crippen LogP contribution < -0.4 is 15.2 Å². The molecule has 0 aliphatic rings. The Kier molecular flexibility index (Phi) is 7.70. The fourth-order valence-corrected chi connectivity index (χ4v) is 4.35. The molecule has 0 bridgehead atoms. The average molecular weight is 507 g/mol. The summed E-state index contributed by atoms with van der Waals surface area (Å²) in [4.78, 5) is 10.1. The summed E-state index contributed by atoms with van der Waals surface area (Å²) >= 11 is 5.81. The number of hydrogen-bond acceptors (Lipinski definition) is 8. The molecule has 0 aliphatic carbocycles. The van der Waals surface area contributed by atoms with Crippen molar-refractivity contribution in [2.45, 2.75) is 11.8 Å². The first-order valence-electron chi connectivity index (χ1n) is 10.1. The van der Waals surface area contributed by atoms with Crippen LogP contribution in [0.4, 0.5) is 15.9 Å². The lowest BCUT2D eigenvalue weighted by Gasteiger charge is -2.15. The van der Waals surface area contributed by atoms with Gasteiger partial charge in [-0.05, 0) is 63.5 Å². The third-order valence-electron chi connectivity index (χ3n) is 4.63. The summed E-state index contributed by atoms with van der Waals surface area (Å²) in [6.07, 6.45) is 0. The van der Waals surface area contributed by atoms with Crippen molar-refractivity contribution in [1.82, 2.24) is 14.9 Å². The van der Waals surface area contributed by atoms with Gasteiger partial charge in [0.25, 0.3) is 10.0 Å². The normalized spacial score (nSPS) is 11.5. The van der Waals surface area contributed by atoms with Gasteiger partial charge in [0.1, 0.15) is 23.1 Å². The van der Waals surface area contributed by atoms with E-state index < -0.39 is 20.7 Å². The predicted molar refractivity (Wildman–Crippen MR) is 131 cm³/mol. The SMILES string of the molecule is CC(=N)c1c(N)nc(-c2ccc(NS(=O)(=O)c3cc(Cl)ccc3F)cc2)nc1OCCN(C)C. The minimum Gasteiger partial charge on any atom is -0.476 e. The minimum atomic E-state index is -4.20. The van der Waals surface area contributed by atoms with Crippen LogP contribution in [0.2, 0.25) is 5.02 Å². The van der Waals surface area contributed by atoms with E-state index in [1.165, 1.54) is 18.2 Å². The number of rotatable bonds is 9. The van der Waals surface area contributed by atoms with E-state index in [4.69, 9.17) is 27.5 Å². The Morgan fingerprint density at radius 3 is 2.50 bits per heavy atom. The lowest BCUT2D eigenvalue weighted by molar-refractivity contribution is 0.253. The summed E-state index contributed by atoms with van der Waals surface area (Å²) in [5.41, 5.74) is 7.30. The standard InChI is InChI=1S/C22H24ClFN6O3S/c1-13(25)19-20(26)27-21(28-22(19)33-11-10-30(2)3)14-4-7-16(8-5-14)29-34(31,32)18-12-15(23)6-9-17(18)24/h4-9,12,25,29H,10-11H2,1-3H3,(H2,26,27,28). The Labute approximate surface area is 202 Å². The van der Waals surface area contributed by atoms with Crippen LogP contribution >= 0.6 is 11.6 Å². The molecule has 0 saturated carbocycles. The number of nitrogens with one attached hydrogen (secondary N) is 2. The molecule has 1 heterocycles. The zero-order valence-electron chi connectivity index (χ0n) is 18.8. The zero-order valence-corrected chi connectivity index (χ0v) is 20.3. The van der Waals surface area contributed by atoms with Crippen molar-refractivity contribution in [3.8, 4) is 17.3 Å². The maximum atomic E-state index is 14.0. The molecule has 4 N–H and O–H groups in total. The van der Waals surface area contributed by atoms with Crippen molar-refractivity contribution in [2.75, 3.05) is 37.7 Å². The van der Waals surface area contributed by atoms with Crippen LogP contribution in [0.25, 0.3) is 11.4 Å². The minimum absolute atomic E-state index is 0.0959. The molecule has 3 aromatic rings. The number of aromatic nitrogens is 2. The van der Waals surface area contributed by atoms with E-state index in [1.54, 1.807) is 19.1 Å². The zero-order chi connectivity index (χ0) is 25.0. The number of benzene rings is 2. The number of nitrogens with two attached hydrogens (primary N) is 1. The molecular weight excluding hydrogens is 483 g/mol. The molecule has 12 heteroatoms. The van der Waals surface area contributed by atoms with E-state index in [0.717, 1.165) is 12.1 Å². The molecule has 34 heavy (non-hydrogen) atoms. The van der Waals surface area contributed by atoms with Crippen molar-refractivity contribution >= 4 is 38.8 Å². The first-order valence-corrected chi connectivity index (χ1v) is 11.9.